The number of sulfonamides is 1. The summed E-state index contributed by atoms with van der Waals surface area (Å²) >= 11 is 5.67. The zero-order valence-electron chi connectivity index (χ0n) is 12.3. The fraction of sp³-hybridized carbons (Fsp3) is 0.462. The van der Waals surface area contributed by atoms with Crippen LogP contribution in [0.2, 0.25) is 5.02 Å². The maximum Gasteiger partial charge on any atom is 0.232 e. The van der Waals surface area contributed by atoms with E-state index in [2.05, 4.69) is 5.32 Å². The first kappa shape index (κ1) is 18.7. The first-order chi connectivity index (χ1) is 10.3. The van der Waals surface area contributed by atoms with Gasteiger partial charge in [0, 0.05) is 26.6 Å². The number of nitrogens with zero attached hydrogens (tertiary/aromatic N) is 1. The van der Waals surface area contributed by atoms with E-state index in [0.717, 1.165) is 16.6 Å². The molecule has 0 saturated heterocycles. The highest BCUT2D eigenvalue weighted by Crippen LogP contribution is 2.24. The Labute approximate surface area is 134 Å². The number of carbonyl (C=O) groups is 1. The van der Waals surface area contributed by atoms with Crippen molar-refractivity contribution >= 4 is 33.2 Å². The smallest absolute Gasteiger partial charge is 0.232 e. The van der Waals surface area contributed by atoms with Gasteiger partial charge in [0.2, 0.25) is 15.9 Å². The number of amides is 1. The van der Waals surface area contributed by atoms with Crippen molar-refractivity contribution in [2.45, 2.75) is 6.42 Å². The second kappa shape index (κ2) is 8.30. The molecule has 1 aromatic carbocycles. The predicted octanol–water partition coefficient (Wildman–Crippen LogP) is 1.40. The standard InChI is InChI=1S/C13H18ClFN2O4S/c1-21-8-6-16-13(18)5-7-17(22(2,19)20)10-3-4-12(15)11(14)9-10/h3-4,9H,5-8H2,1-2H3,(H,16,18). The molecule has 1 aromatic rings. The second-order valence-electron chi connectivity index (χ2n) is 4.53. The van der Waals surface area contributed by atoms with Gasteiger partial charge in [-0.15, -0.1) is 0 Å². The van der Waals surface area contributed by atoms with E-state index in [1.54, 1.807) is 0 Å². The Hall–Kier alpha value is -1.38. The Balaban J connectivity index is 2.78. The van der Waals surface area contributed by atoms with Crippen LogP contribution >= 0.6 is 11.6 Å². The van der Waals surface area contributed by atoms with Crippen molar-refractivity contribution in [3.05, 3.63) is 29.0 Å². The summed E-state index contributed by atoms with van der Waals surface area (Å²) in [5.41, 5.74) is 0.207. The lowest BCUT2D eigenvalue weighted by atomic mass is 10.3. The van der Waals surface area contributed by atoms with Crippen molar-refractivity contribution in [3.8, 4) is 0 Å². The van der Waals surface area contributed by atoms with E-state index >= 15 is 0 Å². The van der Waals surface area contributed by atoms with Gasteiger partial charge in [-0.2, -0.15) is 0 Å². The van der Waals surface area contributed by atoms with Gasteiger partial charge in [-0.1, -0.05) is 11.6 Å². The number of nitrogens with one attached hydrogen (secondary N) is 1. The molecule has 22 heavy (non-hydrogen) atoms. The molecule has 0 spiro atoms. The van der Waals surface area contributed by atoms with Crippen LogP contribution < -0.4 is 9.62 Å². The van der Waals surface area contributed by atoms with Crippen molar-refractivity contribution in [1.29, 1.82) is 0 Å². The summed E-state index contributed by atoms with van der Waals surface area (Å²) in [5.74, 6) is -0.949. The largest absolute Gasteiger partial charge is 0.383 e. The molecule has 0 radical (unpaired) electrons. The third kappa shape index (κ3) is 5.78. The highest BCUT2D eigenvalue weighted by Gasteiger charge is 2.19. The van der Waals surface area contributed by atoms with Crippen LogP contribution in [0.3, 0.4) is 0 Å². The molecule has 0 heterocycles. The van der Waals surface area contributed by atoms with Crippen molar-refractivity contribution in [2.24, 2.45) is 0 Å². The molecule has 6 nitrogen and oxygen atoms in total. The maximum atomic E-state index is 13.2. The summed E-state index contributed by atoms with van der Waals surface area (Å²) in [6.45, 7) is 0.644. The summed E-state index contributed by atoms with van der Waals surface area (Å²) in [6.07, 6.45) is 0.971. The number of methoxy groups -OCH3 is 1. The molecule has 1 N–H and O–H groups in total. The van der Waals surface area contributed by atoms with Crippen LogP contribution in [0.25, 0.3) is 0 Å². The van der Waals surface area contributed by atoms with Crippen molar-refractivity contribution in [1.82, 2.24) is 5.32 Å². The van der Waals surface area contributed by atoms with E-state index in [9.17, 15) is 17.6 Å². The SMILES string of the molecule is COCCNC(=O)CCN(c1ccc(F)c(Cl)c1)S(C)(=O)=O. The van der Waals surface area contributed by atoms with E-state index in [4.69, 9.17) is 16.3 Å². The van der Waals surface area contributed by atoms with E-state index < -0.39 is 15.8 Å². The first-order valence-electron chi connectivity index (χ1n) is 6.44. The molecule has 0 fully saturated rings. The maximum absolute atomic E-state index is 13.2. The number of rotatable bonds is 8. The minimum absolute atomic E-state index is 0.0359. The summed E-state index contributed by atoms with van der Waals surface area (Å²) in [7, 11) is -2.11. The first-order valence-corrected chi connectivity index (χ1v) is 8.66. The van der Waals surface area contributed by atoms with Gasteiger partial charge in [0.05, 0.1) is 23.6 Å². The number of ether oxygens (including phenoxy) is 1. The zero-order chi connectivity index (χ0) is 16.8. The third-order valence-corrected chi connectivity index (χ3v) is 4.25. The minimum atomic E-state index is -3.62. The Morgan fingerprint density at radius 2 is 2.14 bits per heavy atom. The van der Waals surface area contributed by atoms with Gasteiger partial charge in [-0.3, -0.25) is 9.10 Å². The fourth-order valence-corrected chi connectivity index (χ4v) is 2.80. The van der Waals surface area contributed by atoms with Gasteiger partial charge in [0.15, 0.2) is 0 Å². The molecule has 0 aliphatic carbocycles. The monoisotopic (exact) mass is 352 g/mol. The van der Waals surface area contributed by atoms with E-state index in [-0.39, 0.29) is 29.6 Å². The summed E-state index contributed by atoms with van der Waals surface area (Å²) < 4.78 is 42.6. The van der Waals surface area contributed by atoms with Crippen molar-refractivity contribution in [2.75, 3.05) is 37.4 Å². The lowest BCUT2D eigenvalue weighted by Crippen LogP contribution is -2.35. The number of anilines is 1. The van der Waals surface area contributed by atoms with Crippen LogP contribution in [-0.4, -0.2) is 47.4 Å². The van der Waals surface area contributed by atoms with Crippen LogP contribution in [0.4, 0.5) is 10.1 Å². The zero-order valence-corrected chi connectivity index (χ0v) is 13.9. The second-order valence-corrected chi connectivity index (χ2v) is 6.84. The lowest BCUT2D eigenvalue weighted by Gasteiger charge is -2.22. The highest BCUT2D eigenvalue weighted by molar-refractivity contribution is 7.92. The minimum Gasteiger partial charge on any atom is -0.383 e. The van der Waals surface area contributed by atoms with Gasteiger partial charge in [-0.25, -0.2) is 12.8 Å². The fourth-order valence-electron chi connectivity index (χ4n) is 1.71. The summed E-state index contributed by atoms with van der Waals surface area (Å²) in [6, 6.07) is 3.58. The molecule has 0 aliphatic rings. The van der Waals surface area contributed by atoms with E-state index in [0.29, 0.717) is 13.2 Å². The van der Waals surface area contributed by atoms with E-state index in [1.807, 2.05) is 0 Å². The average molecular weight is 353 g/mol. The predicted molar refractivity (Wildman–Crippen MR) is 83.1 cm³/mol. The van der Waals surface area contributed by atoms with E-state index in [1.165, 1.54) is 19.2 Å². The molecular weight excluding hydrogens is 335 g/mol. The van der Waals surface area contributed by atoms with Crippen LogP contribution in [-0.2, 0) is 19.6 Å². The number of halogens is 2. The molecule has 0 aliphatic heterocycles. The molecule has 0 saturated carbocycles. The lowest BCUT2D eigenvalue weighted by molar-refractivity contribution is -0.121. The van der Waals surface area contributed by atoms with Crippen LogP contribution in [0.15, 0.2) is 18.2 Å². The van der Waals surface area contributed by atoms with Crippen molar-refractivity contribution < 1.29 is 22.3 Å². The molecule has 124 valence electrons. The van der Waals surface area contributed by atoms with Crippen LogP contribution in [0.5, 0.6) is 0 Å². The number of carbonyl (C=O) groups excluding carboxylic acids is 1. The Morgan fingerprint density at radius 1 is 1.45 bits per heavy atom. The average Bonchev–Trinajstić information content (AvgIpc) is 2.41. The van der Waals surface area contributed by atoms with Gasteiger partial charge in [0.1, 0.15) is 5.82 Å². The van der Waals surface area contributed by atoms with Crippen LogP contribution in [0.1, 0.15) is 6.42 Å². The topological polar surface area (TPSA) is 75.7 Å². The molecule has 1 amide bonds. The molecule has 9 heteroatoms. The van der Waals surface area contributed by atoms with Gasteiger partial charge < -0.3 is 10.1 Å². The number of benzene rings is 1. The van der Waals surface area contributed by atoms with Crippen molar-refractivity contribution in [3.63, 3.8) is 0 Å². The summed E-state index contributed by atoms with van der Waals surface area (Å²) in [4.78, 5) is 11.6. The number of hydrogen-bond acceptors (Lipinski definition) is 4. The molecule has 0 aromatic heterocycles. The Kier molecular flexibility index (Phi) is 7.05. The Bertz CT molecular complexity index is 624. The summed E-state index contributed by atoms with van der Waals surface area (Å²) in [5, 5.41) is 2.41. The van der Waals surface area contributed by atoms with Gasteiger partial charge >= 0.3 is 0 Å². The molecule has 1 rings (SSSR count). The highest BCUT2D eigenvalue weighted by atomic mass is 35.5. The Morgan fingerprint density at radius 3 is 2.68 bits per heavy atom. The molecule has 0 unspecified atom stereocenters. The van der Waals surface area contributed by atoms with Gasteiger partial charge in [-0.05, 0) is 18.2 Å². The third-order valence-electron chi connectivity index (χ3n) is 2.76. The molecule has 0 bridgehead atoms. The molecule has 0 atom stereocenters. The quantitative estimate of drug-likeness (QED) is 0.717. The van der Waals surface area contributed by atoms with Crippen LogP contribution in [0, 0.1) is 5.82 Å². The normalized spacial score (nSPS) is 11.3. The van der Waals surface area contributed by atoms with Gasteiger partial charge in [0.25, 0.3) is 0 Å². The molecular formula is C13H18ClFN2O4S. The number of hydrogen-bond donors (Lipinski definition) is 1.